The van der Waals surface area contributed by atoms with Crippen LogP contribution in [0.4, 0.5) is 10.5 Å². The number of rotatable bonds is 3. The summed E-state index contributed by atoms with van der Waals surface area (Å²) in [6, 6.07) is 7.23. The molecule has 3 rings (SSSR count). The number of amides is 1. The molecule has 1 aromatic carbocycles. The Morgan fingerprint density at radius 3 is 2.74 bits per heavy atom. The van der Waals surface area contributed by atoms with Crippen molar-refractivity contribution >= 4 is 11.8 Å². The molecule has 0 bridgehead atoms. The molecule has 1 fully saturated rings. The van der Waals surface area contributed by atoms with Gasteiger partial charge in [0.25, 0.3) is 0 Å². The van der Waals surface area contributed by atoms with E-state index < -0.39 is 11.7 Å². The number of carbonyl (C=O) groups is 1. The normalized spacial score (nSPS) is 21.3. The third kappa shape index (κ3) is 4.24. The van der Waals surface area contributed by atoms with Crippen molar-refractivity contribution in [2.45, 2.75) is 57.7 Å². The summed E-state index contributed by atoms with van der Waals surface area (Å²) in [5.41, 5.74) is 3.03. The maximum atomic E-state index is 11.9. The number of nitrogens with one attached hydrogen (secondary N) is 3. The van der Waals surface area contributed by atoms with Crippen molar-refractivity contribution in [3.63, 3.8) is 0 Å². The average Bonchev–Trinajstić information content (AvgIpc) is 2.40. The Morgan fingerprint density at radius 1 is 1.30 bits per heavy atom. The van der Waals surface area contributed by atoms with Crippen LogP contribution >= 0.6 is 0 Å². The summed E-state index contributed by atoms with van der Waals surface area (Å²) < 4.78 is 5.31. The summed E-state index contributed by atoms with van der Waals surface area (Å²) in [4.78, 5) is 11.9. The minimum absolute atomic E-state index is 0.400. The van der Waals surface area contributed by atoms with Crippen LogP contribution in [0.5, 0.6) is 0 Å². The zero-order valence-electron chi connectivity index (χ0n) is 14.2. The van der Waals surface area contributed by atoms with Crippen LogP contribution in [0.2, 0.25) is 0 Å². The molecular weight excluding hydrogens is 290 g/mol. The number of hydrogen-bond donors (Lipinski definition) is 3. The second-order valence-electron chi connectivity index (χ2n) is 7.51. The van der Waals surface area contributed by atoms with E-state index >= 15 is 0 Å². The standard InChI is InChI=1S/C18H27N3O2/c1-18(2,3)23-17(22)21-13-7-8-15-12(9-13)5-4-6-16(15)20-14-10-19-11-14/h7-9,14,16,19-20H,4-6,10-11H2,1-3H3,(H,21,22). The Bertz CT molecular complexity index is 576. The maximum absolute atomic E-state index is 11.9. The van der Waals surface area contributed by atoms with Gasteiger partial charge in [-0.25, -0.2) is 4.79 Å². The van der Waals surface area contributed by atoms with Crippen molar-refractivity contribution < 1.29 is 9.53 Å². The SMILES string of the molecule is CC(C)(C)OC(=O)Nc1ccc2c(c1)CCCC2NC1CNC1. The summed E-state index contributed by atoms with van der Waals surface area (Å²) in [7, 11) is 0. The predicted molar refractivity (Wildman–Crippen MR) is 91.8 cm³/mol. The lowest BCUT2D eigenvalue weighted by Gasteiger charge is -2.35. The topological polar surface area (TPSA) is 62.4 Å². The molecule has 1 aromatic rings. The maximum Gasteiger partial charge on any atom is 0.412 e. The van der Waals surface area contributed by atoms with Crippen molar-refractivity contribution in [1.29, 1.82) is 0 Å². The van der Waals surface area contributed by atoms with Gasteiger partial charge < -0.3 is 15.4 Å². The second-order valence-corrected chi connectivity index (χ2v) is 7.51. The molecule has 1 atom stereocenters. The molecule has 0 radical (unpaired) electrons. The molecule has 5 nitrogen and oxygen atoms in total. The largest absolute Gasteiger partial charge is 0.444 e. The fourth-order valence-electron chi connectivity index (χ4n) is 3.18. The number of hydrogen-bond acceptors (Lipinski definition) is 4. The van der Waals surface area contributed by atoms with Crippen LogP contribution in [-0.2, 0) is 11.2 Å². The quantitative estimate of drug-likeness (QED) is 0.802. The van der Waals surface area contributed by atoms with E-state index in [4.69, 9.17) is 4.74 Å². The Balaban J connectivity index is 1.67. The van der Waals surface area contributed by atoms with Crippen molar-refractivity contribution in [3.05, 3.63) is 29.3 Å². The molecule has 1 aliphatic carbocycles. The lowest BCUT2D eigenvalue weighted by molar-refractivity contribution is 0.0636. The summed E-state index contributed by atoms with van der Waals surface area (Å²) in [5.74, 6) is 0. The zero-order chi connectivity index (χ0) is 16.4. The molecule has 1 amide bonds. The van der Waals surface area contributed by atoms with Gasteiger partial charge >= 0.3 is 6.09 Å². The molecule has 2 aliphatic rings. The van der Waals surface area contributed by atoms with Gasteiger partial charge in [-0.05, 0) is 63.3 Å². The lowest BCUT2D eigenvalue weighted by atomic mass is 9.86. The number of aryl methyl sites for hydroxylation is 1. The second kappa shape index (κ2) is 6.49. The van der Waals surface area contributed by atoms with Crippen molar-refractivity contribution in [1.82, 2.24) is 10.6 Å². The van der Waals surface area contributed by atoms with Gasteiger partial charge in [0.05, 0.1) is 0 Å². The first-order valence-corrected chi connectivity index (χ1v) is 8.50. The first-order valence-electron chi connectivity index (χ1n) is 8.50. The molecule has 23 heavy (non-hydrogen) atoms. The third-order valence-electron chi connectivity index (χ3n) is 4.32. The number of carbonyl (C=O) groups excluding carboxylic acids is 1. The van der Waals surface area contributed by atoms with Gasteiger partial charge in [0.2, 0.25) is 0 Å². The van der Waals surface area contributed by atoms with E-state index in [9.17, 15) is 4.79 Å². The van der Waals surface area contributed by atoms with E-state index in [1.165, 1.54) is 24.0 Å². The fourth-order valence-corrected chi connectivity index (χ4v) is 3.18. The van der Waals surface area contributed by atoms with Gasteiger partial charge in [-0.3, -0.25) is 5.32 Å². The highest BCUT2D eigenvalue weighted by atomic mass is 16.6. The third-order valence-corrected chi connectivity index (χ3v) is 4.32. The Morgan fingerprint density at radius 2 is 2.09 bits per heavy atom. The van der Waals surface area contributed by atoms with Gasteiger partial charge in [-0.1, -0.05) is 6.07 Å². The van der Waals surface area contributed by atoms with Crippen LogP contribution < -0.4 is 16.0 Å². The molecule has 1 heterocycles. The van der Waals surface area contributed by atoms with E-state index in [0.29, 0.717) is 12.1 Å². The molecule has 1 saturated heterocycles. The first-order chi connectivity index (χ1) is 10.9. The highest BCUT2D eigenvalue weighted by molar-refractivity contribution is 5.85. The minimum Gasteiger partial charge on any atom is -0.444 e. The van der Waals surface area contributed by atoms with Crippen molar-refractivity contribution in [2.75, 3.05) is 18.4 Å². The number of benzene rings is 1. The smallest absolute Gasteiger partial charge is 0.412 e. The van der Waals surface area contributed by atoms with Crippen LogP contribution in [0.25, 0.3) is 0 Å². The Hall–Kier alpha value is -1.59. The van der Waals surface area contributed by atoms with Gasteiger partial charge in [-0.15, -0.1) is 0 Å². The molecule has 0 saturated carbocycles. The zero-order valence-corrected chi connectivity index (χ0v) is 14.2. The fraction of sp³-hybridized carbons (Fsp3) is 0.611. The summed E-state index contributed by atoms with van der Waals surface area (Å²) in [5, 5.41) is 9.86. The molecule has 1 aliphatic heterocycles. The molecule has 0 aromatic heterocycles. The molecule has 0 spiro atoms. The highest BCUT2D eigenvalue weighted by Crippen LogP contribution is 2.32. The van der Waals surface area contributed by atoms with Crippen LogP contribution in [-0.4, -0.2) is 30.8 Å². The van der Waals surface area contributed by atoms with Gasteiger partial charge in [0.15, 0.2) is 0 Å². The molecular formula is C18H27N3O2. The number of anilines is 1. The monoisotopic (exact) mass is 317 g/mol. The predicted octanol–water partition coefficient (Wildman–Crippen LogP) is 2.97. The summed E-state index contributed by atoms with van der Waals surface area (Å²) >= 11 is 0. The molecule has 126 valence electrons. The van der Waals surface area contributed by atoms with Crippen LogP contribution in [0.3, 0.4) is 0 Å². The minimum atomic E-state index is -0.482. The van der Waals surface area contributed by atoms with Crippen LogP contribution in [0, 0.1) is 0 Å². The van der Waals surface area contributed by atoms with Crippen LogP contribution in [0.15, 0.2) is 18.2 Å². The van der Waals surface area contributed by atoms with E-state index in [2.05, 4.69) is 28.1 Å². The number of ether oxygens (including phenoxy) is 1. The van der Waals surface area contributed by atoms with Gasteiger partial charge in [-0.2, -0.15) is 0 Å². The molecule has 5 heteroatoms. The van der Waals surface area contributed by atoms with Crippen molar-refractivity contribution in [2.24, 2.45) is 0 Å². The summed E-state index contributed by atoms with van der Waals surface area (Å²) in [6.07, 6.45) is 3.03. The first kappa shape index (κ1) is 16.3. The van der Waals surface area contributed by atoms with Crippen LogP contribution in [0.1, 0.15) is 50.8 Å². The van der Waals surface area contributed by atoms with Crippen molar-refractivity contribution in [3.8, 4) is 0 Å². The summed E-state index contributed by atoms with van der Waals surface area (Å²) in [6.45, 7) is 7.72. The van der Waals surface area contributed by atoms with E-state index in [0.717, 1.165) is 25.2 Å². The Labute approximate surface area is 138 Å². The molecule has 3 N–H and O–H groups in total. The molecule has 1 unspecified atom stereocenters. The van der Waals surface area contributed by atoms with E-state index in [-0.39, 0.29) is 0 Å². The lowest BCUT2D eigenvalue weighted by Crippen LogP contribution is -2.56. The number of fused-ring (bicyclic) bond motifs is 1. The van der Waals surface area contributed by atoms with Gasteiger partial charge in [0, 0.05) is 30.9 Å². The average molecular weight is 317 g/mol. The van der Waals surface area contributed by atoms with E-state index in [1.54, 1.807) is 0 Å². The van der Waals surface area contributed by atoms with Gasteiger partial charge in [0.1, 0.15) is 5.60 Å². The Kier molecular flexibility index (Phi) is 4.60. The highest BCUT2D eigenvalue weighted by Gasteiger charge is 2.26. The van der Waals surface area contributed by atoms with E-state index in [1.807, 2.05) is 26.8 Å².